The predicted octanol–water partition coefficient (Wildman–Crippen LogP) is 4.64. The lowest BCUT2D eigenvalue weighted by Crippen LogP contribution is -2.19. The van der Waals surface area contributed by atoms with Crippen LogP contribution in [0, 0.1) is 35.5 Å². The number of aliphatic hydroxyl groups is 2. The molecule has 0 saturated heterocycles. The molecule has 4 nitrogen and oxygen atoms in total. The number of fused-ring (bicyclic) bond motifs is 1. The van der Waals surface area contributed by atoms with Gasteiger partial charge in [-0.1, -0.05) is 30.7 Å². The molecule has 1 heterocycles. The van der Waals surface area contributed by atoms with Gasteiger partial charge in [-0.15, -0.1) is 11.8 Å². The first-order valence-electron chi connectivity index (χ1n) is 12.3. The summed E-state index contributed by atoms with van der Waals surface area (Å²) in [6.45, 7) is 5.80. The van der Waals surface area contributed by atoms with Gasteiger partial charge < -0.3 is 15.5 Å². The smallest absolute Gasteiger partial charge is 0.0755 e. The van der Waals surface area contributed by atoms with Gasteiger partial charge in [0.1, 0.15) is 0 Å². The van der Waals surface area contributed by atoms with Crippen LogP contribution in [0.3, 0.4) is 0 Å². The Morgan fingerprint density at radius 1 is 1.25 bits per heavy atom. The first-order valence-corrected chi connectivity index (χ1v) is 12.3. The molecule has 0 aliphatic heterocycles. The molecule has 6 atom stereocenters. The van der Waals surface area contributed by atoms with E-state index in [1.807, 2.05) is 32.3 Å². The molecular weight excluding hydrogens is 396 g/mol. The van der Waals surface area contributed by atoms with Crippen molar-refractivity contribution in [2.45, 2.75) is 77.5 Å². The van der Waals surface area contributed by atoms with E-state index in [1.54, 1.807) is 5.57 Å². The van der Waals surface area contributed by atoms with Gasteiger partial charge in [-0.25, -0.2) is 0 Å². The van der Waals surface area contributed by atoms with Gasteiger partial charge in [-0.05, 0) is 87.4 Å². The van der Waals surface area contributed by atoms with Gasteiger partial charge in [0, 0.05) is 31.3 Å². The second kappa shape index (κ2) is 12.9. The molecule has 0 amide bonds. The Morgan fingerprint density at radius 3 is 2.84 bits per heavy atom. The maximum Gasteiger partial charge on any atom is 0.0755 e. The maximum absolute atomic E-state index is 10.6. The molecule has 2 saturated carbocycles. The summed E-state index contributed by atoms with van der Waals surface area (Å²) in [6.07, 6.45) is 16.7. The van der Waals surface area contributed by atoms with E-state index < -0.39 is 6.10 Å². The Balaban J connectivity index is 1.37. The highest BCUT2D eigenvalue weighted by molar-refractivity contribution is 5.18. The number of hydrogen-bond acceptors (Lipinski definition) is 4. The number of pyridine rings is 1. The van der Waals surface area contributed by atoms with Crippen LogP contribution in [0.1, 0.15) is 64.4 Å². The van der Waals surface area contributed by atoms with Crippen LogP contribution in [-0.4, -0.2) is 33.9 Å². The van der Waals surface area contributed by atoms with Crippen LogP contribution in [0.5, 0.6) is 0 Å². The fourth-order valence-electron chi connectivity index (χ4n) is 5.19. The second-order valence-electron chi connectivity index (χ2n) is 9.59. The monoisotopic (exact) mass is 436 g/mol. The first-order chi connectivity index (χ1) is 15.6. The van der Waals surface area contributed by atoms with Crippen molar-refractivity contribution in [3.8, 4) is 11.8 Å². The lowest BCUT2D eigenvalue weighted by Gasteiger charge is -2.19. The van der Waals surface area contributed by atoms with E-state index in [0.717, 1.165) is 38.8 Å². The number of hydrogen-bond donors (Lipinski definition) is 3. The van der Waals surface area contributed by atoms with Crippen molar-refractivity contribution in [2.24, 2.45) is 23.7 Å². The molecule has 3 N–H and O–H groups in total. The van der Waals surface area contributed by atoms with Gasteiger partial charge >= 0.3 is 0 Å². The van der Waals surface area contributed by atoms with Crippen LogP contribution in [-0.2, 0) is 6.54 Å². The zero-order valence-electron chi connectivity index (χ0n) is 19.7. The molecule has 0 radical (unpaired) electrons. The average molecular weight is 437 g/mol. The summed E-state index contributed by atoms with van der Waals surface area (Å²) in [5.74, 6) is 7.34. The summed E-state index contributed by atoms with van der Waals surface area (Å²) in [5.41, 5.74) is 2.85. The minimum absolute atomic E-state index is 0.117. The molecule has 2 aliphatic carbocycles. The van der Waals surface area contributed by atoms with E-state index in [1.165, 1.54) is 18.4 Å². The van der Waals surface area contributed by atoms with Crippen LogP contribution >= 0.6 is 0 Å². The number of aliphatic hydroxyl groups excluding tert-OH is 2. The molecule has 0 bridgehead atoms. The summed E-state index contributed by atoms with van der Waals surface area (Å²) in [7, 11) is 0. The van der Waals surface area contributed by atoms with E-state index >= 15 is 0 Å². The van der Waals surface area contributed by atoms with Crippen LogP contribution in [0.25, 0.3) is 0 Å². The summed E-state index contributed by atoms with van der Waals surface area (Å²) in [4.78, 5) is 4.05. The summed E-state index contributed by atoms with van der Waals surface area (Å²) >= 11 is 0. The van der Waals surface area contributed by atoms with Crippen molar-refractivity contribution in [3.05, 3.63) is 53.9 Å². The molecule has 2 aliphatic rings. The third-order valence-corrected chi connectivity index (χ3v) is 7.14. The average Bonchev–Trinajstić information content (AvgIpc) is 3.32. The first kappa shape index (κ1) is 24.7. The van der Waals surface area contributed by atoms with Gasteiger partial charge in [-0.2, -0.15) is 0 Å². The van der Waals surface area contributed by atoms with Crippen molar-refractivity contribution in [3.63, 3.8) is 0 Å². The number of nitrogens with zero attached hydrogens (tertiary/aromatic N) is 1. The normalized spacial score (nSPS) is 27.9. The van der Waals surface area contributed by atoms with E-state index in [0.29, 0.717) is 18.3 Å². The topological polar surface area (TPSA) is 65.4 Å². The predicted molar refractivity (Wildman–Crippen MR) is 131 cm³/mol. The molecule has 3 rings (SSSR count). The lowest BCUT2D eigenvalue weighted by atomic mass is 9.89. The quantitative estimate of drug-likeness (QED) is 0.269. The Kier molecular flexibility index (Phi) is 9.99. The molecule has 1 aromatic heterocycles. The van der Waals surface area contributed by atoms with Gasteiger partial charge in [0.2, 0.25) is 0 Å². The van der Waals surface area contributed by atoms with E-state index in [-0.39, 0.29) is 17.9 Å². The fraction of sp³-hybridized carbons (Fsp3) is 0.607. The van der Waals surface area contributed by atoms with Crippen molar-refractivity contribution >= 4 is 0 Å². The molecule has 4 heteroatoms. The number of rotatable bonds is 11. The van der Waals surface area contributed by atoms with E-state index in [4.69, 9.17) is 0 Å². The Hall–Kier alpha value is -1.93. The van der Waals surface area contributed by atoms with E-state index in [9.17, 15) is 10.2 Å². The number of aromatic nitrogens is 1. The molecule has 0 spiro atoms. The molecule has 32 heavy (non-hydrogen) atoms. The Labute approximate surface area is 194 Å². The van der Waals surface area contributed by atoms with Gasteiger partial charge in [0.25, 0.3) is 0 Å². The molecule has 1 aromatic rings. The molecule has 174 valence electrons. The Morgan fingerprint density at radius 2 is 2.06 bits per heavy atom. The second-order valence-corrected chi connectivity index (χ2v) is 9.59. The van der Waals surface area contributed by atoms with Crippen molar-refractivity contribution in [1.82, 2.24) is 10.3 Å². The van der Waals surface area contributed by atoms with Gasteiger partial charge in [0.15, 0.2) is 0 Å². The zero-order valence-corrected chi connectivity index (χ0v) is 19.7. The summed E-state index contributed by atoms with van der Waals surface area (Å²) < 4.78 is 0. The number of allylic oxidation sites excluding steroid dienone is 2. The zero-order chi connectivity index (χ0) is 22.8. The van der Waals surface area contributed by atoms with Crippen molar-refractivity contribution in [1.29, 1.82) is 0 Å². The SMILES string of the molecule is CC#CC[C@H](C)[C@H](O)/C=C/[C@@H]1[C@H]2C/C(=C/CCCCNCc3ccncc3)C[C@H]2C[C@H]1O. The summed E-state index contributed by atoms with van der Waals surface area (Å²) in [5, 5.41) is 24.5. The minimum atomic E-state index is -0.495. The third kappa shape index (κ3) is 7.30. The largest absolute Gasteiger partial charge is 0.392 e. The molecule has 2 fully saturated rings. The fourth-order valence-corrected chi connectivity index (χ4v) is 5.19. The minimum Gasteiger partial charge on any atom is -0.392 e. The highest BCUT2D eigenvalue weighted by atomic mass is 16.3. The van der Waals surface area contributed by atoms with Crippen LogP contribution in [0.15, 0.2) is 48.3 Å². The van der Waals surface area contributed by atoms with Crippen LogP contribution in [0.4, 0.5) is 0 Å². The summed E-state index contributed by atoms with van der Waals surface area (Å²) in [6, 6.07) is 4.10. The molecule has 0 unspecified atom stereocenters. The van der Waals surface area contributed by atoms with Gasteiger partial charge in [-0.3, -0.25) is 4.98 Å². The third-order valence-electron chi connectivity index (χ3n) is 7.14. The number of unbranched alkanes of at least 4 members (excludes halogenated alkanes) is 2. The Bertz CT molecular complexity index is 808. The standard InChI is InChI=1S/C28H40N2O2/c1-3-4-8-21(2)27(31)11-10-25-26-18-23(17-24(26)19-28(25)32)9-6-5-7-14-30-20-22-12-15-29-16-13-22/h9-13,15-16,21,24-28,30-32H,5-8,14,17-20H2,1-2H3/b11-10+,23-9+/t21-,24-,25+,26-,27+,28+/m0/s1. The van der Waals surface area contributed by atoms with Crippen molar-refractivity contribution in [2.75, 3.05) is 6.54 Å². The van der Waals surface area contributed by atoms with Crippen LogP contribution < -0.4 is 5.32 Å². The highest BCUT2D eigenvalue weighted by Gasteiger charge is 2.44. The van der Waals surface area contributed by atoms with Gasteiger partial charge in [0.05, 0.1) is 12.2 Å². The van der Waals surface area contributed by atoms with E-state index in [2.05, 4.69) is 46.4 Å². The molecular formula is C28H40N2O2. The lowest BCUT2D eigenvalue weighted by molar-refractivity contribution is 0.137. The van der Waals surface area contributed by atoms with Crippen LogP contribution in [0.2, 0.25) is 0 Å². The van der Waals surface area contributed by atoms with Crippen molar-refractivity contribution < 1.29 is 10.2 Å². The maximum atomic E-state index is 10.6. The number of nitrogens with one attached hydrogen (secondary N) is 1. The molecule has 0 aromatic carbocycles. The highest BCUT2D eigenvalue weighted by Crippen LogP contribution is 2.50.